The van der Waals surface area contributed by atoms with Crippen molar-refractivity contribution < 1.29 is 14.3 Å². The van der Waals surface area contributed by atoms with E-state index in [0.29, 0.717) is 42.6 Å². The predicted octanol–water partition coefficient (Wildman–Crippen LogP) is 5.30. The molecule has 1 unspecified atom stereocenters. The molecule has 33 heavy (non-hydrogen) atoms. The fourth-order valence-electron chi connectivity index (χ4n) is 4.40. The number of halogens is 1. The van der Waals surface area contributed by atoms with Crippen LogP contribution < -0.4 is 14.4 Å². The van der Waals surface area contributed by atoms with E-state index in [1.807, 2.05) is 48.5 Å². The molecule has 1 saturated heterocycles. The van der Waals surface area contributed by atoms with Crippen molar-refractivity contribution in [3.63, 3.8) is 0 Å². The molecular weight excluding hydrogens is 438 g/mol. The Labute approximate surface area is 197 Å². The minimum absolute atomic E-state index is 0.0275. The van der Waals surface area contributed by atoms with Gasteiger partial charge in [0.25, 0.3) is 0 Å². The van der Waals surface area contributed by atoms with Crippen molar-refractivity contribution >= 4 is 34.2 Å². The van der Waals surface area contributed by atoms with Crippen LogP contribution in [0.3, 0.4) is 0 Å². The van der Waals surface area contributed by atoms with Crippen LogP contribution in [0.25, 0.3) is 11.0 Å². The summed E-state index contributed by atoms with van der Waals surface area (Å²) in [4.78, 5) is 19.7. The number of carbonyl (C=O) groups excluding carboxylic acids is 1. The standard InChI is InChI=1S/C26H24ClN3O3/c1-32-24-12-11-19(27)16-23(24)30-17-18(15-25(30)31)26-28-21-9-5-6-10-22(21)29(26)13-14-33-20-7-3-2-4-8-20/h2-12,16,18H,13-15,17H2,1H3. The summed E-state index contributed by atoms with van der Waals surface area (Å²) in [6.45, 7) is 1.65. The third-order valence-corrected chi connectivity index (χ3v) is 6.17. The number of imidazole rings is 1. The molecule has 168 valence electrons. The maximum absolute atomic E-state index is 13.0. The van der Waals surface area contributed by atoms with Crippen LogP contribution in [0.4, 0.5) is 5.69 Å². The Kier molecular flexibility index (Phi) is 5.92. The molecule has 1 fully saturated rings. The number of carbonyl (C=O) groups is 1. The van der Waals surface area contributed by atoms with Crippen LogP contribution in [-0.2, 0) is 11.3 Å². The summed E-state index contributed by atoms with van der Waals surface area (Å²) in [7, 11) is 1.59. The zero-order chi connectivity index (χ0) is 22.8. The maximum Gasteiger partial charge on any atom is 0.227 e. The lowest BCUT2D eigenvalue weighted by atomic mass is 10.1. The van der Waals surface area contributed by atoms with E-state index < -0.39 is 0 Å². The molecule has 0 bridgehead atoms. The summed E-state index contributed by atoms with van der Waals surface area (Å²) in [5.74, 6) is 2.33. The van der Waals surface area contributed by atoms with E-state index in [-0.39, 0.29) is 11.8 Å². The highest BCUT2D eigenvalue weighted by Gasteiger charge is 2.36. The van der Waals surface area contributed by atoms with Gasteiger partial charge in [0, 0.05) is 23.9 Å². The minimum atomic E-state index is -0.0506. The number of hydrogen-bond acceptors (Lipinski definition) is 4. The molecule has 0 N–H and O–H groups in total. The number of para-hydroxylation sites is 3. The van der Waals surface area contributed by atoms with Gasteiger partial charge in [-0.25, -0.2) is 4.98 Å². The zero-order valence-electron chi connectivity index (χ0n) is 18.3. The Balaban J connectivity index is 1.43. The van der Waals surface area contributed by atoms with Crippen molar-refractivity contribution in [2.45, 2.75) is 18.9 Å². The van der Waals surface area contributed by atoms with Gasteiger partial charge in [-0.15, -0.1) is 0 Å². The topological polar surface area (TPSA) is 56.6 Å². The number of rotatable bonds is 7. The van der Waals surface area contributed by atoms with Crippen LogP contribution in [0, 0.1) is 0 Å². The molecule has 0 aliphatic carbocycles. The molecule has 1 aromatic heterocycles. The maximum atomic E-state index is 13.0. The lowest BCUT2D eigenvalue weighted by Crippen LogP contribution is -2.25. The first-order valence-electron chi connectivity index (χ1n) is 10.9. The number of benzene rings is 3. The summed E-state index contributed by atoms with van der Waals surface area (Å²) in [5, 5.41) is 0.562. The molecule has 1 atom stereocenters. The van der Waals surface area contributed by atoms with Crippen molar-refractivity contribution in [3.8, 4) is 11.5 Å². The van der Waals surface area contributed by atoms with Gasteiger partial charge < -0.3 is 18.9 Å². The van der Waals surface area contributed by atoms with Gasteiger partial charge in [0.1, 0.15) is 23.9 Å². The van der Waals surface area contributed by atoms with Gasteiger partial charge in [0.05, 0.1) is 30.4 Å². The van der Waals surface area contributed by atoms with Crippen LogP contribution in [0.5, 0.6) is 11.5 Å². The van der Waals surface area contributed by atoms with Crippen molar-refractivity contribution in [1.82, 2.24) is 9.55 Å². The van der Waals surface area contributed by atoms with Crippen LogP contribution >= 0.6 is 11.6 Å². The predicted molar refractivity (Wildman–Crippen MR) is 129 cm³/mol. The first-order chi connectivity index (χ1) is 16.1. The Hall–Kier alpha value is -3.51. The van der Waals surface area contributed by atoms with E-state index in [1.54, 1.807) is 30.2 Å². The molecule has 2 heterocycles. The average molecular weight is 462 g/mol. The number of hydrogen-bond donors (Lipinski definition) is 0. The normalized spacial score (nSPS) is 15.9. The van der Waals surface area contributed by atoms with Crippen molar-refractivity contribution in [1.29, 1.82) is 0 Å². The summed E-state index contributed by atoms with van der Waals surface area (Å²) >= 11 is 6.22. The first-order valence-corrected chi connectivity index (χ1v) is 11.3. The fourth-order valence-corrected chi connectivity index (χ4v) is 4.57. The molecule has 6 nitrogen and oxygen atoms in total. The first kappa shape index (κ1) is 21.3. The Morgan fingerprint density at radius 2 is 1.85 bits per heavy atom. The van der Waals surface area contributed by atoms with E-state index in [4.69, 9.17) is 26.1 Å². The Morgan fingerprint density at radius 3 is 2.67 bits per heavy atom. The van der Waals surface area contributed by atoms with Gasteiger partial charge in [0.2, 0.25) is 5.91 Å². The van der Waals surface area contributed by atoms with Gasteiger partial charge in [-0.3, -0.25) is 4.79 Å². The third-order valence-electron chi connectivity index (χ3n) is 5.93. The number of anilines is 1. The van der Waals surface area contributed by atoms with Crippen LogP contribution in [0.15, 0.2) is 72.8 Å². The molecule has 0 saturated carbocycles. The average Bonchev–Trinajstić information content (AvgIpc) is 3.40. The number of aromatic nitrogens is 2. The molecule has 0 radical (unpaired) electrons. The number of fused-ring (bicyclic) bond motifs is 1. The van der Waals surface area contributed by atoms with Crippen molar-refractivity contribution in [2.75, 3.05) is 25.2 Å². The lowest BCUT2D eigenvalue weighted by molar-refractivity contribution is -0.117. The van der Waals surface area contributed by atoms with E-state index in [1.165, 1.54) is 0 Å². The molecular formula is C26H24ClN3O3. The van der Waals surface area contributed by atoms with E-state index in [2.05, 4.69) is 10.6 Å². The van der Waals surface area contributed by atoms with Gasteiger partial charge in [0.15, 0.2) is 0 Å². The molecule has 0 spiro atoms. The second kappa shape index (κ2) is 9.16. The molecule has 1 aliphatic heterocycles. The molecule has 7 heteroatoms. The smallest absolute Gasteiger partial charge is 0.227 e. The third kappa shape index (κ3) is 4.26. The zero-order valence-corrected chi connectivity index (χ0v) is 19.0. The number of nitrogens with zero attached hydrogens (tertiary/aromatic N) is 3. The molecule has 1 amide bonds. The monoisotopic (exact) mass is 461 g/mol. The second-order valence-electron chi connectivity index (χ2n) is 7.99. The Bertz CT molecular complexity index is 1290. The van der Waals surface area contributed by atoms with Crippen LogP contribution in [-0.4, -0.2) is 35.7 Å². The highest BCUT2D eigenvalue weighted by Crippen LogP contribution is 2.38. The largest absolute Gasteiger partial charge is 0.495 e. The van der Waals surface area contributed by atoms with Crippen molar-refractivity contribution in [3.05, 3.63) is 83.6 Å². The fraction of sp³-hybridized carbons (Fsp3) is 0.231. The van der Waals surface area contributed by atoms with Crippen molar-refractivity contribution in [2.24, 2.45) is 0 Å². The quantitative estimate of drug-likeness (QED) is 0.375. The van der Waals surface area contributed by atoms with Gasteiger partial charge in [-0.1, -0.05) is 41.9 Å². The summed E-state index contributed by atoms with van der Waals surface area (Å²) < 4.78 is 13.6. The van der Waals surface area contributed by atoms with E-state index in [0.717, 1.165) is 22.6 Å². The highest BCUT2D eigenvalue weighted by atomic mass is 35.5. The highest BCUT2D eigenvalue weighted by molar-refractivity contribution is 6.31. The van der Waals surface area contributed by atoms with Crippen LogP contribution in [0.1, 0.15) is 18.2 Å². The summed E-state index contributed by atoms with van der Waals surface area (Å²) in [6.07, 6.45) is 0.374. The van der Waals surface area contributed by atoms with Gasteiger partial charge in [-0.2, -0.15) is 0 Å². The number of ether oxygens (including phenoxy) is 2. The minimum Gasteiger partial charge on any atom is -0.495 e. The van der Waals surface area contributed by atoms with E-state index in [9.17, 15) is 4.79 Å². The molecule has 1 aliphatic rings. The van der Waals surface area contributed by atoms with E-state index >= 15 is 0 Å². The van der Waals surface area contributed by atoms with Gasteiger partial charge >= 0.3 is 0 Å². The van der Waals surface area contributed by atoms with Crippen LogP contribution in [0.2, 0.25) is 5.02 Å². The number of amides is 1. The Morgan fingerprint density at radius 1 is 1.06 bits per heavy atom. The lowest BCUT2D eigenvalue weighted by Gasteiger charge is -2.20. The second-order valence-corrected chi connectivity index (χ2v) is 8.43. The summed E-state index contributed by atoms with van der Waals surface area (Å²) in [5.41, 5.74) is 2.64. The number of methoxy groups -OCH3 is 1. The SMILES string of the molecule is COc1ccc(Cl)cc1N1CC(c2nc3ccccc3n2CCOc2ccccc2)CC1=O. The van der Waals surface area contributed by atoms with Gasteiger partial charge in [-0.05, 0) is 42.5 Å². The molecule has 3 aromatic carbocycles. The summed E-state index contributed by atoms with van der Waals surface area (Å²) in [6, 6.07) is 23.1. The molecule has 5 rings (SSSR count). The molecule has 4 aromatic rings.